The highest BCUT2D eigenvalue weighted by molar-refractivity contribution is 6.04. The summed E-state index contributed by atoms with van der Waals surface area (Å²) in [5.41, 5.74) is 3.14. The van der Waals surface area contributed by atoms with Gasteiger partial charge in [0.1, 0.15) is 12.4 Å². The van der Waals surface area contributed by atoms with Gasteiger partial charge in [0.15, 0.2) is 0 Å². The first-order chi connectivity index (χ1) is 13.1. The molecule has 0 bridgehead atoms. The second-order valence-electron chi connectivity index (χ2n) is 6.51. The van der Waals surface area contributed by atoms with Crippen molar-refractivity contribution in [2.24, 2.45) is 0 Å². The van der Waals surface area contributed by atoms with Gasteiger partial charge >= 0.3 is 0 Å². The molecule has 0 radical (unpaired) electrons. The summed E-state index contributed by atoms with van der Waals surface area (Å²) in [6.07, 6.45) is 3.26. The number of nitrogens with zero attached hydrogens (tertiary/aromatic N) is 1. The van der Waals surface area contributed by atoms with E-state index >= 15 is 0 Å². The van der Waals surface area contributed by atoms with E-state index in [1.807, 2.05) is 68.4 Å². The molecule has 0 saturated carbocycles. The van der Waals surface area contributed by atoms with Gasteiger partial charge in [-0.1, -0.05) is 30.3 Å². The molecule has 138 valence electrons. The molecule has 0 aliphatic rings. The Balaban J connectivity index is 1.58. The Morgan fingerprint density at radius 2 is 1.74 bits per heavy atom. The van der Waals surface area contributed by atoms with Crippen molar-refractivity contribution < 1.29 is 9.53 Å². The molecule has 1 amide bonds. The minimum atomic E-state index is -0.201. The van der Waals surface area contributed by atoms with Gasteiger partial charge in [-0.3, -0.25) is 9.78 Å². The Hall–Kier alpha value is -3.34. The van der Waals surface area contributed by atoms with E-state index in [2.05, 4.69) is 15.6 Å². The molecule has 3 rings (SSSR count). The molecule has 2 N–H and O–H groups in total. The van der Waals surface area contributed by atoms with E-state index in [9.17, 15) is 4.79 Å². The molecule has 5 nitrogen and oxygen atoms in total. The monoisotopic (exact) mass is 361 g/mol. The quantitative estimate of drug-likeness (QED) is 0.638. The highest BCUT2D eigenvalue weighted by atomic mass is 16.5. The van der Waals surface area contributed by atoms with Gasteiger partial charge in [-0.2, -0.15) is 0 Å². The lowest BCUT2D eigenvalue weighted by Crippen LogP contribution is -2.14. The molecule has 0 spiro atoms. The number of hydrogen-bond donors (Lipinski definition) is 2. The number of amides is 1. The van der Waals surface area contributed by atoms with E-state index in [4.69, 9.17) is 4.74 Å². The largest absolute Gasteiger partial charge is 0.489 e. The van der Waals surface area contributed by atoms with Gasteiger partial charge in [-0.15, -0.1) is 0 Å². The minimum Gasteiger partial charge on any atom is -0.489 e. The summed E-state index contributed by atoms with van der Waals surface area (Å²) in [4.78, 5) is 16.6. The van der Waals surface area contributed by atoms with Crippen molar-refractivity contribution in [3.05, 3.63) is 84.2 Å². The molecule has 3 aromatic rings. The van der Waals surface area contributed by atoms with Gasteiger partial charge in [0.05, 0.1) is 11.3 Å². The van der Waals surface area contributed by atoms with E-state index < -0.39 is 0 Å². The highest BCUT2D eigenvalue weighted by Gasteiger charge is 2.08. The number of nitrogens with one attached hydrogen (secondary N) is 2. The van der Waals surface area contributed by atoms with E-state index in [0.717, 1.165) is 17.0 Å². The molecule has 27 heavy (non-hydrogen) atoms. The predicted octanol–water partition coefficient (Wildman–Crippen LogP) is 4.73. The van der Waals surface area contributed by atoms with Crippen molar-refractivity contribution in [1.29, 1.82) is 0 Å². The average Bonchev–Trinajstić information content (AvgIpc) is 2.68. The fourth-order valence-electron chi connectivity index (χ4n) is 2.56. The van der Waals surface area contributed by atoms with E-state index in [1.54, 1.807) is 18.5 Å². The molecule has 2 aromatic carbocycles. The number of carbonyl (C=O) groups is 1. The number of benzene rings is 2. The molecular weight excluding hydrogens is 338 g/mol. The van der Waals surface area contributed by atoms with E-state index in [0.29, 0.717) is 17.9 Å². The average molecular weight is 361 g/mol. The molecule has 0 unspecified atom stereocenters. The maximum Gasteiger partial charge on any atom is 0.257 e. The number of hydrogen-bond acceptors (Lipinski definition) is 4. The Kier molecular flexibility index (Phi) is 6.05. The first kappa shape index (κ1) is 18.5. The number of carbonyl (C=O) groups excluding carboxylic acids is 1. The Bertz CT molecular complexity index is 878. The number of pyridine rings is 1. The van der Waals surface area contributed by atoms with Crippen molar-refractivity contribution in [1.82, 2.24) is 4.98 Å². The van der Waals surface area contributed by atoms with Crippen LogP contribution in [0.25, 0.3) is 0 Å². The van der Waals surface area contributed by atoms with E-state index in [1.165, 1.54) is 0 Å². The minimum absolute atomic E-state index is 0.201. The zero-order valence-electron chi connectivity index (χ0n) is 15.5. The van der Waals surface area contributed by atoms with Crippen molar-refractivity contribution >= 4 is 17.3 Å². The van der Waals surface area contributed by atoms with Gasteiger partial charge in [0.25, 0.3) is 5.91 Å². The second kappa shape index (κ2) is 8.85. The summed E-state index contributed by atoms with van der Waals surface area (Å²) in [6.45, 7) is 4.58. The molecule has 0 aliphatic carbocycles. The fourth-order valence-corrected chi connectivity index (χ4v) is 2.56. The van der Waals surface area contributed by atoms with Crippen LogP contribution in [0.3, 0.4) is 0 Å². The topological polar surface area (TPSA) is 63.2 Å². The lowest BCUT2D eigenvalue weighted by atomic mass is 10.2. The number of rotatable bonds is 7. The van der Waals surface area contributed by atoms with Gasteiger partial charge in [-0.05, 0) is 49.7 Å². The predicted molar refractivity (Wildman–Crippen MR) is 108 cm³/mol. The third kappa shape index (κ3) is 5.57. The van der Waals surface area contributed by atoms with Crippen LogP contribution in [0.1, 0.15) is 29.8 Å². The standard InChI is InChI=1S/C22H23N3O2/c1-16(2)24-20-12-18(13-23-14-20)22(26)25-19-8-10-21(11-9-19)27-15-17-6-4-3-5-7-17/h3-14,16,24H,15H2,1-2H3,(H,25,26). The van der Waals surface area contributed by atoms with Crippen LogP contribution in [-0.4, -0.2) is 16.9 Å². The van der Waals surface area contributed by atoms with Crippen molar-refractivity contribution in [3.63, 3.8) is 0 Å². The van der Waals surface area contributed by atoms with Gasteiger partial charge in [-0.25, -0.2) is 0 Å². The first-order valence-electron chi connectivity index (χ1n) is 8.90. The van der Waals surface area contributed by atoms with Gasteiger partial charge < -0.3 is 15.4 Å². The second-order valence-corrected chi connectivity index (χ2v) is 6.51. The Labute approximate surface area is 159 Å². The highest BCUT2D eigenvalue weighted by Crippen LogP contribution is 2.18. The Morgan fingerprint density at radius 3 is 2.44 bits per heavy atom. The summed E-state index contributed by atoms with van der Waals surface area (Å²) < 4.78 is 5.76. The fraction of sp³-hybridized carbons (Fsp3) is 0.182. The number of aromatic nitrogens is 1. The normalized spacial score (nSPS) is 10.5. The van der Waals surface area contributed by atoms with Crippen LogP contribution in [0.5, 0.6) is 5.75 Å². The lowest BCUT2D eigenvalue weighted by Gasteiger charge is -2.11. The molecule has 5 heteroatoms. The molecule has 0 saturated heterocycles. The Morgan fingerprint density at radius 1 is 1.00 bits per heavy atom. The van der Waals surface area contributed by atoms with Gasteiger partial charge in [0.2, 0.25) is 0 Å². The lowest BCUT2D eigenvalue weighted by molar-refractivity contribution is 0.102. The zero-order chi connectivity index (χ0) is 19.1. The summed E-state index contributed by atoms with van der Waals surface area (Å²) in [5.74, 6) is 0.550. The molecule has 0 aliphatic heterocycles. The third-order valence-electron chi connectivity index (χ3n) is 3.82. The number of ether oxygens (including phenoxy) is 1. The zero-order valence-corrected chi connectivity index (χ0v) is 15.5. The van der Waals surface area contributed by atoms with Crippen LogP contribution in [0.15, 0.2) is 73.1 Å². The smallest absolute Gasteiger partial charge is 0.257 e. The van der Waals surface area contributed by atoms with Crippen LogP contribution in [0.2, 0.25) is 0 Å². The number of anilines is 2. The molecule has 0 fully saturated rings. The molecular formula is C22H23N3O2. The SMILES string of the molecule is CC(C)Nc1cncc(C(=O)Nc2ccc(OCc3ccccc3)cc2)c1. The summed E-state index contributed by atoms with van der Waals surface area (Å²) in [5, 5.41) is 6.12. The summed E-state index contributed by atoms with van der Waals surface area (Å²) >= 11 is 0. The maximum absolute atomic E-state index is 12.4. The van der Waals surface area contributed by atoms with Crippen LogP contribution < -0.4 is 15.4 Å². The van der Waals surface area contributed by atoms with Crippen molar-refractivity contribution in [3.8, 4) is 5.75 Å². The first-order valence-corrected chi connectivity index (χ1v) is 8.90. The van der Waals surface area contributed by atoms with Gasteiger partial charge in [0, 0.05) is 24.1 Å². The maximum atomic E-state index is 12.4. The van der Waals surface area contributed by atoms with Crippen LogP contribution >= 0.6 is 0 Å². The molecule has 0 atom stereocenters. The molecule has 1 heterocycles. The van der Waals surface area contributed by atoms with E-state index in [-0.39, 0.29) is 11.9 Å². The van der Waals surface area contributed by atoms with Crippen LogP contribution in [-0.2, 0) is 6.61 Å². The van der Waals surface area contributed by atoms with Crippen LogP contribution in [0.4, 0.5) is 11.4 Å². The van der Waals surface area contributed by atoms with Crippen LogP contribution in [0, 0.1) is 0 Å². The van der Waals surface area contributed by atoms with Crippen molar-refractivity contribution in [2.75, 3.05) is 10.6 Å². The summed E-state index contributed by atoms with van der Waals surface area (Å²) in [6, 6.07) is 19.4. The third-order valence-corrected chi connectivity index (χ3v) is 3.82. The van der Waals surface area contributed by atoms with Crippen molar-refractivity contribution in [2.45, 2.75) is 26.5 Å². The summed E-state index contributed by atoms with van der Waals surface area (Å²) in [7, 11) is 0. The molecule has 1 aromatic heterocycles.